The molecule has 0 radical (unpaired) electrons. The number of methoxy groups -OCH3 is 1. The molecule has 1 aromatic carbocycles. The molecule has 8 heteroatoms. The topological polar surface area (TPSA) is 79.4 Å². The zero-order valence-corrected chi connectivity index (χ0v) is 22.3. The van der Waals surface area contributed by atoms with E-state index in [1.54, 1.807) is 24.8 Å². The van der Waals surface area contributed by atoms with Gasteiger partial charge < -0.3 is 20.3 Å². The van der Waals surface area contributed by atoms with Crippen LogP contribution in [0.15, 0.2) is 25.0 Å². The summed E-state index contributed by atoms with van der Waals surface area (Å²) < 4.78 is 5.66. The molecule has 0 fully saturated rings. The van der Waals surface area contributed by atoms with Crippen LogP contribution >= 0.6 is 11.3 Å². The van der Waals surface area contributed by atoms with E-state index < -0.39 is 0 Å². The quantitative estimate of drug-likeness (QED) is 0.408. The molecule has 7 nitrogen and oxygen atoms in total. The third-order valence-electron chi connectivity index (χ3n) is 7.36. The SMILES string of the molecule is C=Cc1cc(Nc2ncnc3sc4c(c23)CCC(CC)(C(=O)N(C)C(C)C)C4)c(OC)cc1NC. The molecule has 1 unspecified atom stereocenters. The number of benzene rings is 1. The Morgan fingerprint density at radius 3 is 2.74 bits per heavy atom. The first-order valence-electron chi connectivity index (χ1n) is 12.1. The minimum atomic E-state index is -0.362. The Kier molecular flexibility index (Phi) is 7.03. The average Bonchev–Trinajstić information content (AvgIpc) is 3.25. The van der Waals surface area contributed by atoms with Crippen molar-refractivity contribution in [3.8, 4) is 5.75 Å². The zero-order valence-electron chi connectivity index (χ0n) is 21.5. The van der Waals surface area contributed by atoms with Gasteiger partial charge in [-0.15, -0.1) is 11.3 Å². The van der Waals surface area contributed by atoms with Gasteiger partial charge in [0.1, 0.15) is 22.7 Å². The number of thiophene rings is 1. The number of ether oxygens (including phenoxy) is 1. The van der Waals surface area contributed by atoms with Crippen LogP contribution in [0, 0.1) is 5.41 Å². The van der Waals surface area contributed by atoms with Gasteiger partial charge in [-0.1, -0.05) is 19.6 Å². The van der Waals surface area contributed by atoms with Gasteiger partial charge in [0.15, 0.2) is 0 Å². The number of carbonyl (C=O) groups excluding carboxylic acids is 1. The molecule has 0 saturated carbocycles. The number of carbonyl (C=O) groups is 1. The summed E-state index contributed by atoms with van der Waals surface area (Å²) in [6.45, 7) is 10.2. The van der Waals surface area contributed by atoms with Crippen molar-refractivity contribution in [1.29, 1.82) is 0 Å². The Morgan fingerprint density at radius 1 is 1.34 bits per heavy atom. The molecule has 1 amide bonds. The van der Waals surface area contributed by atoms with E-state index in [9.17, 15) is 4.79 Å². The highest BCUT2D eigenvalue weighted by atomic mass is 32.1. The standard InChI is InChI=1S/C27H35N5O2S/c1-8-17-12-20(21(34-7)13-19(17)28-5)31-24-23-18-10-11-27(9-2,26(33)32(6)16(3)4)14-22(18)35-25(23)30-15-29-24/h8,12-13,15-16,28H,1,9-11,14H2,2-7H3,(H,29,30,31). The summed E-state index contributed by atoms with van der Waals surface area (Å²) in [7, 11) is 5.45. The Balaban J connectivity index is 1.75. The molecule has 4 rings (SSSR count). The molecular formula is C27H35N5O2S. The van der Waals surface area contributed by atoms with Crippen molar-refractivity contribution < 1.29 is 9.53 Å². The number of nitrogens with zero attached hydrogens (tertiary/aromatic N) is 3. The zero-order chi connectivity index (χ0) is 25.3. The van der Waals surface area contributed by atoms with Crippen LogP contribution in [0.1, 0.15) is 49.6 Å². The lowest BCUT2D eigenvalue weighted by molar-refractivity contribution is -0.143. The molecule has 2 aromatic heterocycles. The van der Waals surface area contributed by atoms with Crippen molar-refractivity contribution in [2.24, 2.45) is 5.41 Å². The first-order chi connectivity index (χ1) is 16.8. The van der Waals surface area contributed by atoms with Gasteiger partial charge in [0.2, 0.25) is 5.91 Å². The van der Waals surface area contributed by atoms with Gasteiger partial charge in [-0.3, -0.25) is 4.79 Å². The van der Waals surface area contributed by atoms with Crippen molar-refractivity contribution in [1.82, 2.24) is 14.9 Å². The minimum absolute atomic E-state index is 0.182. The van der Waals surface area contributed by atoms with Crippen LogP contribution in [0.5, 0.6) is 5.75 Å². The molecule has 0 bridgehead atoms. The maximum absolute atomic E-state index is 13.5. The smallest absolute Gasteiger partial charge is 0.229 e. The third kappa shape index (κ3) is 4.35. The summed E-state index contributed by atoms with van der Waals surface area (Å²) in [4.78, 5) is 26.8. The summed E-state index contributed by atoms with van der Waals surface area (Å²) in [5, 5.41) is 7.72. The molecule has 2 N–H and O–H groups in total. The molecule has 0 spiro atoms. The lowest BCUT2D eigenvalue weighted by Crippen LogP contribution is -2.47. The molecule has 2 heterocycles. The molecule has 1 aliphatic rings. The van der Waals surface area contributed by atoms with Gasteiger partial charge in [-0.25, -0.2) is 9.97 Å². The Labute approximate surface area is 211 Å². The summed E-state index contributed by atoms with van der Waals surface area (Å²) in [5.74, 6) is 1.71. The van der Waals surface area contributed by atoms with Crippen LogP contribution in [0.4, 0.5) is 17.2 Å². The molecule has 186 valence electrons. The first-order valence-corrected chi connectivity index (χ1v) is 12.9. The maximum atomic E-state index is 13.5. The van der Waals surface area contributed by atoms with Crippen LogP contribution in [0.25, 0.3) is 16.3 Å². The molecule has 0 saturated heterocycles. The largest absolute Gasteiger partial charge is 0.494 e. The van der Waals surface area contributed by atoms with E-state index in [-0.39, 0.29) is 17.4 Å². The molecule has 1 atom stereocenters. The number of hydrogen-bond acceptors (Lipinski definition) is 7. The average molecular weight is 494 g/mol. The highest BCUT2D eigenvalue weighted by Crippen LogP contribution is 2.47. The number of anilines is 3. The van der Waals surface area contributed by atoms with E-state index in [4.69, 9.17) is 4.74 Å². The number of aromatic nitrogens is 2. The fourth-order valence-corrected chi connectivity index (χ4v) is 6.25. The highest BCUT2D eigenvalue weighted by molar-refractivity contribution is 7.19. The summed E-state index contributed by atoms with van der Waals surface area (Å²) in [6.07, 6.45) is 6.64. The number of nitrogens with one attached hydrogen (secondary N) is 2. The van der Waals surface area contributed by atoms with Crippen molar-refractivity contribution in [2.75, 3.05) is 31.8 Å². The van der Waals surface area contributed by atoms with Gasteiger partial charge in [0.05, 0.1) is 23.6 Å². The number of rotatable bonds is 8. The molecule has 3 aromatic rings. The van der Waals surface area contributed by atoms with E-state index in [1.165, 1.54) is 10.4 Å². The molecule has 35 heavy (non-hydrogen) atoms. The fourth-order valence-electron chi connectivity index (χ4n) is 4.92. The summed E-state index contributed by atoms with van der Waals surface area (Å²) in [6, 6.07) is 4.14. The Bertz CT molecular complexity index is 1270. The number of aryl methyl sites for hydroxylation is 1. The van der Waals surface area contributed by atoms with Crippen LogP contribution in [0.2, 0.25) is 0 Å². The van der Waals surface area contributed by atoms with Gasteiger partial charge >= 0.3 is 0 Å². The third-order valence-corrected chi connectivity index (χ3v) is 8.50. The van der Waals surface area contributed by atoms with Crippen LogP contribution in [0.3, 0.4) is 0 Å². The van der Waals surface area contributed by atoms with Crippen LogP contribution < -0.4 is 15.4 Å². The molecular weight excluding hydrogens is 458 g/mol. The summed E-state index contributed by atoms with van der Waals surface area (Å²) in [5.41, 5.74) is 3.61. The monoisotopic (exact) mass is 493 g/mol. The highest BCUT2D eigenvalue weighted by Gasteiger charge is 2.43. The van der Waals surface area contributed by atoms with Gasteiger partial charge in [-0.05, 0) is 56.7 Å². The fraction of sp³-hybridized carbons (Fsp3) is 0.444. The number of fused-ring (bicyclic) bond motifs is 3. The second-order valence-corrected chi connectivity index (χ2v) is 10.5. The van der Waals surface area contributed by atoms with Crippen molar-refractivity contribution in [3.63, 3.8) is 0 Å². The van der Waals surface area contributed by atoms with Gasteiger partial charge in [-0.2, -0.15) is 0 Å². The summed E-state index contributed by atoms with van der Waals surface area (Å²) >= 11 is 1.68. The predicted molar refractivity (Wildman–Crippen MR) is 146 cm³/mol. The van der Waals surface area contributed by atoms with E-state index in [2.05, 4.69) is 48.0 Å². The van der Waals surface area contributed by atoms with Gasteiger partial charge in [0, 0.05) is 36.8 Å². The normalized spacial score (nSPS) is 17.2. The van der Waals surface area contributed by atoms with Crippen LogP contribution in [-0.2, 0) is 17.6 Å². The van der Waals surface area contributed by atoms with Crippen molar-refractivity contribution >= 4 is 50.7 Å². The number of hydrogen-bond donors (Lipinski definition) is 2. The maximum Gasteiger partial charge on any atom is 0.229 e. The second-order valence-electron chi connectivity index (χ2n) is 9.45. The lowest BCUT2D eigenvalue weighted by Gasteiger charge is -2.39. The van der Waals surface area contributed by atoms with Crippen molar-refractivity contribution in [3.05, 3.63) is 41.0 Å². The predicted octanol–water partition coefficient (Wildman–Crippen LogP) is 5.88. The molecule has 1 aliphatic carbocycles. The van der Waals surface area contributed by atoms with E-state index >= 15 is 0 Å². The Morgan fingerprint density at radius 2 is 2.11 bits per heavy atom. The lowest BCUT2D eigenvalue weighted by atomic mass is 9.71. The van der Waals surface area contributed by atoms with E-state index in [0.717, 1.165) is 58.7 Å². The van der Waals surface area contributed by atoms with Gasteiger partial charge in [0.25, 0.3) is 0 Å². The van der Waals surface area contributed by atoms with E-state index in [0.29, 0.717) is 5.75 Å². The van der Waals surface area contributed by atoms with E-state index in [1.807, 2.05) is 37.2 Å². The molecule has 0 aliphatic heterocycles. The number of amides is 1. The van der Waals surface area contributed by atoms with Crippen LogP contribution in [-0.4, -0.2) is 48.0 Å². The Hall–Kier alpha value is -3.13. The second kappa shape index (κ2) is 9.85. The minimum Gasteiger partial charge on any atom is -0.494 e. The first kappa shape index (κ1) is 25.0. The van der Waals surface area contributed by atoms with Crippen molar-refractivity contribution in [2.45, 2.75) is 52.5 Å².